The molecule has 0 aliphatic carbocycles. The molecule has 1 fully saturated rings. The number of halogens is 1. The van der Waals surface area contributed by atoms with E-state index in [1.807, 2.05) is 56.3 Å². The van der Waals surface area contributed by atoms with E-state index in [4.69, 9.17) is 25.8 Å². The van der Waals surface area contributed by atoms with Crippen molar-refractivity contribution in [3.05, 3.63) is 106 Å². The molecule has 5 nitrogen and oxygen atoms in total. The van der Waals surface area contributed by atoms with Crippen molar-refractivity contribution in [1.29, 1.82) is 0 Å². The van der Waals surface area contributed by atoms with E-state index in [9.17, 15) is 4.79 Å². The van der Waals surface area contributed by atoms with Gasteiger partial charge in [0.2, 0.25) is 0 Å². The van der Waals surface area contributed by atoms with Crippen LogP contribution in [0.25, 0.3) is 5.57 Å². The number of morpholine rings is 1. The molecule has 3 aromatic rings. The fraction of sp³-hybridized carbons (Fsp3) is 0.324. The lowest BCUT2D eigenvalue weighted by atomic mass is 9.97. The van der Waals surface area contributed by atoms with Crippen LogP contribution in [-0.4, -0.2) is 56.9 Å². The lowest BCUT2D eigenvalue weighted by molar-refractivity contribution is -0.143. The van der Waals surface area contributed by atoms with Gasteiger partial charge in [0.25, 0.3) is 0 Å². The highest BCUT2D eigenvalue weighted by molar-refractivity contribution is 6.30. The zero-order valence-corrected chi connectivity index (χ0v) is 24.0. The van der Waals surface area contributed by atoms with E-state index in [2.05, 4.69) is 47.1 Å². The van der Waals surface area contributed by atoms with Crippen LogP contribution in [-0.2, 0) is 20.7 Å². The smallest absolute Gasteiger partial charge is 0.306 e. The largest absolute Gasteiger partial charge is 0.490 e. The van der Waals surface area contributed by atoms with Crippen molar-refractivity contribution in [1.82, 2.24) is 4.90 Å². The number of hydrogen-bond acceptors (Lipinski definition) is 5. The minimum Gasteiger partial charge on any atom is -0.490 e. The van der Waals surface area contributed by atoms with Gasteiger partial charge in [-0.3, -0.25) is 9.69 Å². The Bertz CT molecular complexity index is 1350. The molecule has 0 atom stereocenters. The Hall–Kier alpha value is -3.56. The molecule has 0 unspecified atom stereocenters. The highest BCUT2D eigenvalue weighted by Gasteiger charge is 2.09. The Kier molecular flexibility index (Phi) is 11.2. The van der Waals surface area contributed by atoms with Gasteiger partial charge in [0.1, 0.15) is 12.4 Å². The molecule has 3 aromatic carbocycles. The maximum absolute atomic E-state index is 11.7. The van der Waals surface area contributed by atoms with Crippen LogP contribution in [0.5, 0.6) is 5.75 Å². The van der Waals surface area contributed by atoms with Gasteiger partial charge >= 0.3 is 5.97 Å². The maximum Gasteiger partial charge on any atom is 0.306 e. The molecule has 0 radical (unpaired) electrons. The highest BCUT2D eigenvalue weighted by atomic mass is 35.5. The van der Waals surface area contributed by atoms with Gasteiger partial charge in [-0.05, 0) is 90.6 Å². The Morgan fingerprint density at radius 1 is 1.02 bits per heavy atom. The van der Waals surface area contributed by atoms with Gasteiger partial charge in [-0.1, -0.05) is 53.8 Å². The minimum atomic E-state index is -0.171. The van der Waals surface area contributed by atoms with Crippen molar-refractivity contribution in [3.8, 4) is 17.6 Å². The summed E-state index contributed by atoms with van der Waals surface area (Å²) < 4.78 is 16.6. The molecular weight excluding hydrogens is 522 g/mol. The molecular formula is C34H36ClNO4. The molecule has 0 bridgehead atoms. The summed E-state index contributed by atoms with van der Waals surface area (Å²) in [7, 11) is 0. The monoisotopic (exact) mass is 557 g/mol. The number of benzene rings is 3. The molecule has 1 heterocycles. The van der Waals surface area contributed by atoms with Gasteiger partial charge in [-0.25, -0.2) is 0 Å². The number of rotatable bonds is 10. The van der Waals surface area contributed by atoms with Crippen LogP contribution in [0.1, 0.15) is 41.2 Å². The quantitative estimate of drug-likeness (QED) is 0.215. The topological polar surface area (TPSA) is 48.0 Å². The fourth-order valence-electron chi connectivity index (χ4n) is 4.51. The van der Waals surface area contributed by atoms with Gasteiger partial charge in [-0.2, -0.15) is 0 Å². The second-order valence-electron chi connectivity index (χ2n) is 9.60. The molecule has 1 aliphatic heterocycles. The average Bonchev–Trinajstić information content (AvgIpc) is 2.97. The molecule has 0 aromatic heterocycles. The van der Waals surface area contributed by atoms with Crippen LogP contribution >= 0.6 is 11.6 Å². The SMILES string of the molecule is CCOC(=O)CCc1ccc(OCC=C(c2ccc(Cl)cc2)c2ccc(C#CCN3CCOCC3)cc2)cc1C. The second-order valence-corrected chi connectivity index (χ2v) is 10.0. The van der Waals surface area contributed by atoms with E-state index in [1.165, 1.54) is 0 Å². The van der Waals surface area contributed by atoms with Gasteiger partial charge in [-0.15, -0.1) is 0 Å². The minimum absolute atomic E-state index is 0.171. The van der Waals surface area contributed by atoms with E-state index < -0.39 is 0 Å². The highest BCUT2D eigenvalue weighted by Crippen LogP contribution is 2.26. The van der Waals surface area contributed by atoms with Gasteiger partial charge in [0, 0.05) is 30.1 Å². The first-order valence-electron chi connectivity index (χ1n) is 13.8. The average molecular weight is 558 g/mol. The van der Waals surface area contributed by atoms with Crippen LogP contribution in [0.4, 0.5) is 0 Å². The van der Waals surface area contributed by atoms with Gasteiger partial charge < -0.3 is 14.2 Å². The van der Waals surface area contributed by atoms with Crippen LogP contribution in [0.2, 0.25) is 5.02 Å². The number of hydrogen-bond donors (Lipinski definition) is 0. The van der Waals surface area contributed by atoms with Crippen molar-refractivity contribution in [2.24, 2.45) is 0 Å². The number of ether oxygens (including phenoxy) is 3. The van der Waals surface area contributed by atoms with E-state index in [-0.39, 0.29) is 5.97 Å². The summed E-state index contributed by atoms with van der Waals surface area (Å²) in [4.78, 5) is 14.0. The van der Waals surface area contributed by atoms with Crippen molar-refractivity contribution in [2.75, 3.05) is 46.1 Å². The van der Waals surface area contributed by atoms with Crippen LogP contribution in [0, 0.1) is 18.8 Å². The Balaban J connectivity index is 1.43. The van der Waals surface area contributed by atoms with Crippen molar-refractivity contribution >= 4 is 23.1 Å². The summed E-state index contributed by atoms with van der Waals surface area (Å²) in [6.45, 7) is 8.85. The summed E-state index contributed by atoms with van der Waals surface area (Å²) in [5.41, 5.74) is 6.40. The first-order chi connectivity index (χ1) is 19.5. The summed E-state index contributed by atoms with van der Waals surface area (Å²) >= 11 is 6.16. The van der Waals surface area contributed by atoms with Gasteiger partial charge in [0.15, 0.2) is 0 Å². The van der Waals surface area contributed by atoms with Gasteiger partial charge in [0.05, 0.1) is 26.4 Å². The number of carbonyl (C=O) groups excluding carboxylic acids is 1. The van der Waals surface area contributed by atoms with Crippen molar-refractivity contribution in [3.63, 3.8) is 0 Å². The summed E-state index contributed by atoms with van der Waals surface area (Å²) in [6.07, 6.45) is 3.12. The molecule has 0 N–H and O–H groups in total. The predicted molar refractivity (Wildman–Crippen MR) is 161 cm³/mol. The molecule has 0 spiro atoms. The third-order valence-electron chi connectivity index (χ3n) is 6.75. The third-order valence-corrected chi connectivity index (χ3v) is 7.00. The number of nitrogens with zero attached hydrogens (tertiary/aromatic N) is 1. The molecule has 0 amide bonds. The van der Waals surface area contributed by atoms with E-state index in [0.717, 1.165) is 72.0 Å². The molecule has 0 saturated carbocycles. The molecule has 208 valence electrons. The van der Waals surface area contributed by atoms with Crippen molar-refractivity contribution < 1.29 is 19.0 Å². The third kappa shape index (κ3) is 8.99. The Labute approximate surface area is 242 Å². The summed E-state index contributed by atoms with van der Waals surface area (Å²) in [6, 6.07) is 22.1. The normalized spacial score (nSPS) is 13.8. The van der Waals surface area contributed by atoms with E-state index in [1.54, 1.807) is 0 Å². The van der Waals surface area contributed by atoms with Crippen molar-refractivity contribution in [2.45, 2.75) is 26.7 Å². The fourth-order valence-corrected chi connectivity index (χ4v) is 4.63. The lowest BCUT2D eigenvalue weighted by Crippen LogP contribution is -2.36. The molecule has 4 rings (SSSR count). The van der Waals surface area contributed by atoms with E-state index >= 15 is 0 Å². The first-order valence-corrected chi connectivity index (χ1v) is 14.1. The summed E-state index contributed by atoms with van der Waals surface area (Å²) in [5, 5.41) is 0.698. The van der Waals surface area contributed by atoms with E-state index in [0.29, 0.717) is 31.1 Å². The molecule has 1 aliphatic rings. The van der Waals surface area contributed by atoms with Crippen LogP contribution < -0.4 is 4.74 Å². The zero-order valence-electron chi connectivity index (χ0n) is 23.3. The lowest BCUT2D eigenvalue weighted by Gasteiger charge is -2.24. The number of carbonyl (C=O) groups is 1. The summed E-state index contributed by atoms with van der Waals surface area (Å²) in [5.74, 6) is 7.18. The molecule has 1 saturated heterocycles. The van der Waals surface area contributed by atoms with Crippen LogP contribution in [0.3, 0.4) is 0 Å². The number of esters is 1. The Morgan fingerprint density at radius 2 is 1.73 bits per heavy atom. The first kappa shape index (κ1) is 29.4. The Morgan fingerprint density at radius 3 is 2.40 bits per heavy atom. The maximum atomic E-state index is 11.7. The predicted octanol–water partition coefficient (Wildman–Crippen LogP) is 6.34. The second kappa shape index (κ2) is 15.3. The molecule has 6 heteroatoms. The number of aryl methyl sites for hydroxylation is 2. The molecule has 40 heavy (non-hydrogen) atoms. The van der Waals surface area contributed by atoms with Crippen LogP contribution in [0.15, 0.2) is 72.8 Å². The zero-order chi connectivity index (χ0) is 28.2. The standard InChI is InChI=1S/C34H36ClNO4/c1-3-39-34(37)17-13-28-12-16-32(25-26(28)2)40-22-18-33(30-10-14-31(35)15-11-30)29-8-6-27(7-9-29)5-4-19-36-20-23-38-24-21-36/h6-12,14-16,18,25H,3,13,17,19-24H2,1-2H3.